The summed E-state index contributed by atoms with van der Waals surface area (Å²) in [5.41, 5.74) is 0. The van der Waals surface area contributed by atoms with Crippen molar-refractivity contribution < 1.29 is 0 Å². The minimum Gasteiger partial charge on any atom is -0.357 e. The molecule has 0 aromatic carbocycles. The van der Waals surface area contributed by atoms with Crippen molar-refractivity contribution in [2.75, 3.05) is 5.32 Å². The fraction of sp³-hybridized carbons (Fsp3) is 0.333. The number of aromatic nitrogens is 4. The van der Waals surface area contributed by atoms with Gasteiger partial charge in [-0.3, -0.25) is 0 Å². The van der Waals surface area contributed by atoms with Gasteiger partial charge in [0.05, 0.1) is 0 Å². The largest absolute Gasteiger partial charge is 0.357 e. The second kappa shape index (κ2) is 4.94. The molecular formula is C12H11N5S3. The highest BCUT2D eigenvalue weighted by atomic mass is 32.2. The lowest BCUT2D eigenvalue weighted by Crippen LogP contribution is -1.99. The number of thiophene rings is 1. The normalized spacial score (nSPS) is 14.8. The Morgan fingerprint density at radius 1 is 1.25 bits per heavy atom. The van der Waals surface area contributed by atoms with E-state index in [9.17, 15) is 0 Å². The van der Waals surface area contributed by atoms with Gasteiger partial charge >= 0.3 is 0 Å². The van der Waals surface area contributed by atoms with Crippen LogP contribution in [0, 0.1) is 6.92 Å². The van der Waals surface area contributed by atoms with Crippen molar-refractivity contribution in [1.82, 2.24) is 20.2 Å². The Labute approximate surface area is 127 Å². The zero-order valence-electron chi connectivity index (χ0n) is 10.7. The van der Waals surface area contributed by atoms with Crippen LogP contribution < -0.4 is 5.32 Å². The van der Waals surface area contributed by atoms with Crippen LogP contribution in [-0.4, -0.2) is 26.2 Å². The molecule has 4 rings (SSSR count). The lowest BCUT2D eigenvalue weighted by molar-refractivity contribution is 0.991. The van der Waals surface area contributed by atoms with Crippen LogP contribution in [0.2, 0.25) is 0 Å². The number of anilines is 1. The molecule has 0 spiro atoms. The summed E-state index contributed by atoms with van der Waals surface area (Å²) in [6.07, 6.45) is 4.09. The summed E-state index contributed by atoms with van der Waals surface area (Å²) in [5.74, 6) is 0. The number of nitrogens with zero attached hydrogens (tertiary/aromatic N) is 4. The summed E-state index contributed by atoms with van der Waals surface area (Å²) in [6, 6.07) is 2.73. The zero-order chi connectivity index (χ0) is 13.5. The number of nitrogens with one attached hydrogen (secondary N) is 1. The number of hydrogen-bond donors (Lipinski definition) is 1. The van der Waals surface area contributed by atoms with E-state index in [2.05, 4.69) is 38.5 Å². The summed E-state index contributed by atoms with van der Waals surface area (Å²) in [7, 11) is 0. The van der Waals surface area contributed by atoms with Crippen LogP contribution in [0.25, 0.3) is 10.2 Å². The van der Waals surface area contributed by atoms with Crippen LogP contribution in [0.5, 0.6) is 0 Å². The van der Waals surface area contributed by atoms with Crippen LogP contribution in [0.3, 0.4) is 0 Å². The predicted octanol–water partition coefficient (Wildman–Crippen LogP) is 3.58. The van der Waals surface area contributed by atoms with Crippen molar-refractivity contribution in [1.29, 1.82) is 0 Å². The van der Waals surface area contributed by atoms with Crippen molar-refractivity contribution in [2.45, 2.75) is 35.2 Å². The number of aryl methyl sites for hydroxylation is 1. The molecule has 8 heteroatoms. The van der Waals surface area contributed by atoms with Gasteiger partial charge in [-0.2, -0.15) is 0 Å². The first-order valence-corrected chi connectivity index (χ1v) is 8.72. The van der Waals surface area contributed by atoms with Gasteiger partial charge in [0.2, 0.25) is 5.13 Å². The summed E-state index contributed by atoms with van der Waals surface area (Å²) in [6.45, 7) is 2.09. The second-order valence-electron chi connectivity index (χ2n) is 4.65. The van der Waals surface area contributed by atoms with Crippen LogP contribution in [0.1, 0.15) is 17.7 Å². The smallest absolute Gasteiger partial charge is 0.206 e. The monoisotopic (exact) mass is 321 g/mol. The van der Waals surface area contributed by atoms with Gasteiger partial charge in [-0.15, -0.1) is 21.5 Å². The molecule has 0 amide bonds. The van der Waals surface area contributed by atoms with Crippen molar-refractivity contribution in [3.05, 3.63) is 17.3 Å². The Bertz CT molecular complexity index is 761. The highest BCUT2D eigenvalue weighted by Crippen LogP contribution is 2.37. The van der Waals surface area contributed by atoms with E-state index in [1.807, 2.05) is 0 Å². The van der Waals surface area contributed by atoms with E-state index in [-0.39, 0.29) is 0 Å². The maximum absolute atomic E-state index is 4.38. The van der Waals surface area contributed by atoms with Crippen molar-refractivity contribution in [3.63, 3.8) is 0 Å². The third-order valence-electron chi connectivity index (χ3n) is 2.91. The van der Waals surface area contributed by atoms with E-state index in [1.165, 1.54) is 17.7 Å². The van der Waals surface area contributed by atoms with Gasteiger partial charge in [0.25, 0.3) is 0 Å². The summed E-state index contributed by atoms with van der Waals surface area (Å²) in [5, 5.41) is 14.7. The van der Waals surface area contributed by atoms with Gasteiger partial charge in [-0.1, -0.05) is 11.3 Å². The average Bonchev–Trinajstić information content (AvgIpc) is 2.97. The number of hydrogen-bond acceptors (Lipinski definition) is 8. The molecule has 3 aromatic heterocycles. The first-order valence-electron chi connectivity index (χ1n) is 6.27. The zero-order valence-corrected chi connectivity index (χ0v) is 13.1. The molecule has 0 unspecified atom stereocenters. The molecule has 0 radical (unpaired) electrons. The van der Waals surface area contributed by atoms with Crippen molar-refractivity contribution in [3.8, 4) is 0 Å². The minimum atomic E-state index is 0.603. The Balaban J connectivity index is 1.61. The van der Waals surface area contributed by atoms with Gasteiger partial charge in [0, 0.05) is 16.3 Å². The second-order valence-corrected chi connectivity index (χ2v) is 8.10. The molecule has 102 valence electrons. The van der Waals surface area contributed by atoms with Gasteiger partial charge in [-0.25, -0.2) is 9.97 Å². The quantitative estimate of drug-likeness (QED) is 0.741. The summed E-state index contributed by atoms with van der Waals surface area (Å²) in [4.78, 5) is 11.0. The van der Waals surface area contributed by atoms with Crippen LogP contribution >= 0.6 is 34.4 Å². The first-order chi connectivity index (χ1) is 9.78. The predicted molar refractivity (Wildman–Crippen MR) is 82.8 cm³/mol. The maximum atomic E-state index is 4.38. The Kier molecular flexibility index (Phi) is 3.08. The first kappa shape index (κ1) is 12.5. The fourth-order valence-electron chi connectivity index (χ4n) is 1.83. The van der Waals surface area contributed by atoms with Gasteiger partial charge in [0.15, 0.2) is 4.34 Å². The van der Waals surface area contributed by atoms with E-state index in [4.69, 9.17) is 0 Å². The molecule has 0 bridgehead atoms. The molecule has 0 aliphatic heterocycles. The molecule has 3 aromatic rings. The minimum absolute atomic E-state index is 0.603. The SMILES string of the molecule is Cc1cc2c(Sc3nnc(NC4CC4)s3)ncnc2s1. The van der Waals surface area contributed by atoms with Gasteiger partial charge < -0.3 is 5.32 Å². The van der Waals surface area contributed by atoms with E-state index < -0.39 is 0 Å². The molecule has 1 saturated carbocycles. The molecule has 1 aliphatic carbocycles. The topological polar surface area (TPSA) is 63.6 Å². The maximum Gasteiger partial charge on any atom is 0.206 e. The van der Waals surface area contributed by atoms with Crippen LogP contribution in [0.4, 0.5) is 5.13 Å². The third-order valence-corrected chi connectivity index (χ3v) is 5.79. The van der Waals surface area contributed by atoms with E-state index in [0.717, 1.165) is 24.7 Å². The van der Waals surface area contributed by atoms with Crippen LogP contribution in [-0.2, 0) is 0 Å². The summed E-state index contributed by atoms with van der Waals surface area (Å²) < 4.78 is 0.914. The Morgan fingerprint density at radius 3 is 3.00 bits per heavy atom. The Morgan fingerprint density at radius 2 is 2.15 bits per heavy atom. The molecule has 0 saturated heterocycles. The average molecular weight is 321 g/mol. The van der Waals surface area contributed by atoms with Gasteiger partial charge in [-0.05, 0) is 37.6 Å². The molecule has 1 aliphatic rings. The lowest BCUT2D eigenvalue weighted by Gasteiger charge is -1.97. The van der Waals surface area contributed by atoms with E-state index >= 15 is 0 Å². The molecule has 3 heterocycles. The fourth-order valence-corrected chi connectivity index (χ4v) is 4.55. The van der Waals surface area contributed by atoms with E-state index in [1.54, 1.807) is 40.8 Å². The van der Waals surface area contributed by atoms with Crippen molar-refractivity contribution >= 4 is 49.8 Å². The third kappa shape index (κ3) is 2.50. The highest BCUT2D eigenvalue weighted by molar-refractivity contribution is 8.01. The number of rotatable bonds is 4. The standard InChI is InChI=1S/C12H11N5S3/c1-6-4-8-9(18-6)13-5-14-10(8)19-12-17-16-11(20-12)15-7-2-3-7/h4-5,7H,2-3H2,1H3,(H,15,16). The molecule has 1 N–H and O–H groups in total. The number of fused-ring (bicyclic) bond motifs is 1. The highest BCUT2D eigenvalue weighted by Gasteiger charge is 2.22. The lowest BCUT2D eigenvalue weighted by atomic mass is 10.4. The molecular weight excluding hydrogens is 310 g/mol. The molecule has 0 atom stereocenters. The Hall–Kier alpha value is -1.25. The molecule has 1 fully saturated rings. The molecule has 20 heavy (non-hydrogen) atoms. The molecule has 5 nitrogen and oxygen atoms in total. The van der Waals surface area contributed by atoms with Crippen molar-refractivity contribution in [2.24, 2.45) is 0 Å². The van der Waals surface area contributed by atoms with Crippen LogP contribution in [0.15, 0.2) is 21.8 Å². The summed E-state index contributed by atoms with van der Waals surface area (Å²) >= 11 is 4.83. The van der Waals surface area contributed by atoms with Gasteiger partial charge in [0.1, 0.15) is 16.2 Å². The van der Waals surface area contributed by atoms with E-state index in [0.29, 0.717) is 6.04 Å².